The predicted octanol–water partition coefficient (Wildman–Crippen LogP) is 3.63. The molecule has 34 heavy (non-hydrogen) atoms. The van der Waals surface area contributed by atoms with Crippen molar-refractivity contribution in [3.05, 3.63) is 58.6 Å². The lowest BCUT2D eigenvalue weighted by Crippen LogP contribution is -2.41. The second-order valence-electron chi connectivity index (χ2n) is 8.36. The fraction of sp³-hybridized carbons (Fsp3) is 0.417. The van der Waals surface area contributed by atoms with Crippen molar-refractivity contribution < 1.29 is 22.7 Å². The monoisotopic (exact) mass is 505 g/mol. The summed E-state index contributed by atoms with van der Waals surface area (Å²) in [6.07, 6.45) is 3.63. The van der Waals surface area contributed by atoms with E-state index in [4.69, 9.17) is 16.3 Å². The zero-order valence-corrected chi connectivity index (χ0v) is 20.4. The molecule has 0 spiro atoms. The third-order valence-corrected chi connectivity index (χ3v) is 8.31. The number of rotatable bonds is 5. The van der Waals surface area contributed by atoms with Crippen molar-refractivity contribution in [2.75, 3.05) is 44.7 Å². The summed E-state index contributed by atoms with van der Waals surface area (Å²) in [5, 5.41) is 2.87. The van der Waals surface area contributed by atoms with E-state index in [1.807, 2.05) is 0 Å². The molecule has 8 nitrogen and oxygen atoms in total. The molecule has 2 saturated heterocycles. The van der Waals surface area contributed by atoms with Gasteiger partial charge in [-0.05, 0) is 43.2 Å². The van der Waals surface area contributed by atoms with E-state index < -0.39 is 15.9 Å². The summed E-state index contributed by atoms with van der Waals surface area (Å²) >= 11 is 6.29. The van der Waals surface area contributed by atoms with Crippen LogP contribution in [0.1, 0.15) is 46.4 Å². The summed E-state index contributed by atoms with van der Waals surface area (Å²) in [4.78, 5) is 27.9. The molecule has 0 aromatic heterocycles. The number of morpholine rings is 1. The molecule has 2 aliphatic heterocycles. The average molecular weight is 506 g/mol. The highest BCUT2D eigenvalue weighted by atomic mass is 35.5. The van der Waals surface area contributed by atoms with Gasteiger partial charge in [0.05, 0.1) is 39.9 Å². The molecule has 4 rings (SSSR count). The second kappa shape index (κ2) is 10.9. The number of halogens is 1. The normalized spacial score (nSPS) is 17.7. The zero-order valence-electron chi connectivity index (χ0n) is 18.8. The third-order valence-electron chi connectivity index (χ3n) is 6.09. The minimum atomic E-state index is -3.75. The van der Waals surface area contributed by atoms with Crippen LogP contribution in [0.25, 0.3) is 0 Å². The van der Waals surface area contributed by atoms with Crippen LogP contribution in [-0.2, 0) is 14.8 Å². The number of benzene rings is 2. The molecule has 1 N–H and O–H groups in total. The minimum Gasteiger partial charge on any atom is -0.378 e. The van der Waals surface area contributed by atoms with Gasteiger partial charge in [-0.15, -0.1) is 0 Å². The van der Waals surface area contributed by atoms with Crippen LogP contribution in [0.2, 0.25) is 5.02 Å². The average Bonchev–Trinajstić information content (AvgIpc) is 3.15. The Morgan fingerprint density at radius 3 is 2.26 bits per heavy atom. The first kappa shape index (κ1) is 24.7. The first-order chi connectivity index (χ1) is 16.4. The Kier molecular flexibility index (Phi) is 7.88. The number of hydrogen-bond acceptors (Lipinski definition) is 5. The molecule has 0 radical (unpaired) electrons. The molecule has 182 valence electrons. The van der Waals surface area contributed by atoms with Crippen LogP contribution < -0.4 is 5.32 Å². The van der Waals surface area contributed by atoms with Gasteiger partial charge in [0.2, 0.25) is 10.0 Å². The van der Waals surface area contributed by atoms with Crippen LogP contribution in [0.5, 0.6) is 0 Å². The second-order valence-corrected chi connectivity index (χ2v) is 10.7. The Bertz CT molecular complexity index is 1160. The van der Waals surface area contributed by atoms with E-state index in [9.17, 15) is 18.0 Å². The van der Waals surface area contributed by atoms with Crippen molar-refractivity contribution in [3.63, 3.8) is 0 Å². The van der Waals surface area contributed by atoms with Gasteiger partial charge < -0.3 is 15.0 Å². The number of carbonyl (C=O) groups is 2. The smallest absolute Gasteiger partial charge is 0.257 e. The Hall–Kier alpha value is -2.46. The van der Waals surface area contributed by atoms with Crippen LogP contribution in [-0.4, -0.2) is 68.8 Å². The molecule has 0 atom stereocenters. The lowest BCUT2D eigenvalue weighted by atomic mass is 10.1. The fourth-order valence-corrected chi connectivity index (χ4v) is 5.92. The van der Waals surface area contributed by atoms with E-state index in [1.165, 1.54) is 22.5 Å². The van der Waals surface area contributed by atoms with Crippen molar-refractivity contribution in [1.29, 1.82) is 0 Å². The Labute approximate surface area is 204 Å². The molecule has 10 heteroatoms. The molecule has 0 aliphatic carbocycles. The van der Waals surface area contributed by atoms with Gasteiger partial charge in [-0.3, -0.25) is 9.59 Å². The molecular weight excluding hydrogens is 478 g/mol. The Balaban J connectivity index is 1.58. The van der Waals surface area contributed by atoms with Crippen LogP contribution in [0.4, 0.5) is 5.69 Å². The van der Waals surface area contributed by atoms with E-state index in [2.05, 4.69) is 5.32 Å². The lowest BCUT2D eigenvalue weighted by molar-refractivity contribution is 0.0303. The summed E-state index contributed by atoms with van der Waals surface area (Å²) in [7, 11) is -3.75. The molecule has 2 aliphatic rings. The Morgan fingerprint density at radius 1 is 0.882 bits per heavy atom. The number of nitrogens with zero attached hydrogens (tertiary/aromatic N) is 2. The van der Waals surface area contributed by atoms with Crippen molar-refractivity contribution >= 4 is 39.1 Å². The molecule has 2 fully saturated rings. The largest absolute Gasteiger partial charge is 0.378 e. The number of nitrogens with one attached hydrogen (secondary N) is 1. The SMILES string of the molecule is O=C(Nc1ccccc1C(=O)N1CCOCC1)c1cc(S(=O)(=O)N2CCCCCC2)ccc1Cl. The van der Waals surface area contributed by atoms with E-state index in [0.717, 1.165) is 25.7 Å². The first-order valence-electron chi connectivity index (χ1n) is 11.4. The number of carbonyl (C=O) groups excluding carboxylic acids is 2. The highest BCUT2D eigenvalue weighted by molar-refractivity contribution is 7.89. The van der Waals surface area contributed by atoms with Gasteiger partial charge in [0, 0.05) is 26.2 Å². The van der Waals surface area contributed by atoms with Crippen molar-refractivity contribution in [2.24, 2.45) is 0 Å². The van der Waals surface area contributed by atoms with Gasteiger partial charge in [-0.2, -0.15) is 4.31 Å². The Morgan fingerprint density at radius 2 is 1.56 bits per heavy atom. The van der Waals surface area contributed by atoms with Gasteiger partial charge >= 0.3 is 0 Å². The van der Waals surface area contributed by atoms with Gasteiger partial charge in [0.15, 0.2) is 0 Å². The topological polar surface area (TPSA) is 96.0 Å². The van der Waals surface area contributed by atoms with Crippen LogP contribution in [0.3, 0.4) is 0 Å². The summed E-state index contributed by atoms with van der Waals surface area (Å²) in [6.45, 7) is 2.81. The number of anilines is 1. The highest BCUT2D eigenvalue weighted by Gasteiger charge is 2.27. The molecule has 0 saturated carbocycles. The molecule has 0 bridgehead atoms. The van der Waals surface area contributed by atoms with E-state index in [0.29, 0.717) is 50.6 Å². The predicted molar refractivity (Wildman–Crippen MR) is 130 cm³/mol. The molecule has 0 unspecified atom stereocenters. The minimum absolute atomic E-state index is 0.0293. The van der Waals surface area contributed by atoms with Gasteiger partial charge in [-0.25, -0.2) is 8.42 Å². The highest BCUT2D eigenvalue weighted by Crippen LogP contribution is 2.26. The van der Waals surface area contributed by atoms with E-state index >= 15 is 0 Å². The van der Waals surface area contributed by atoms with Gasteiger partial charge in [-0.1, -0.05) is 36.6 Å². The van der Waals surface area contributed by atoms with Crippen LogP contribution >= 0.6 is 11.6 Å². The van der Waals surface area contributed by atoms with Crippen molar-refractivity contribution in [3.8, 4) is 0 Å². The van der Waals surface area contributed by atoms with Gasteiger partial charge in [0.1, 0.15) is 0 Å². The summed E-state index contributed by atoms with van der Waals surface area (Å²) in [5.41, 5.74) is 0.717. The molecule has 2 heterocycles. The number of para-hydroxylation sites is 1. The standard InChI is InChI=1S/C24H28ClN3O5S/c25-21-10-9-18(34(31,32)28-11-5-1-2-6-12-28)17-20(21)23(29)26-22-8-4-3-7-19(22)24(30)27-13-15-33-16-14-27/h3-4,7-10,17H,1-2,5-6,11-16H2,(H,26,29). The maximum Gasteiger partial charge on any atom is 0.257 e. The third kappa shape index (κ3) is 5.43. The summed E-state index contributed by atoms with van der Waals surface area (Å²) < 4.78 is 33.2. The van der Waals surface area contributed by atoms with Crippen molar-refractivity contribution in [2.45, 2.75) is 30.6 Å². The fourth-order valence-electron chi connectivity index (χ4n) is 4.17. The van der Waals surface area contributed by atoms with E-state index in [1.54, 1.807) is 29.2 Å². The van der Waals surface area contributed by atoms with Crippen LogP contribution in [0.15, 0.2) is 47.4 Å². The van der Waals surface area contributed by atoms with E-state index in [-0.39, 0.29) is 21.4 Å². The first-order valence-corrected chi connectivity index (χ1v) is 13.3. The van der Waals surface area contributed by atoms with Crippen LogP contribution in [0, 0.1) is 0 Å². The summed E-state index contributed by atoms with van der Waals surface area (Å²) in [5.74, 6) is -0.789. The van der Waals surface area contributed by atoms with Gasteiger partial charge in [0.25, 0.3) is 11.8 Å². The number of amides is 2. The quantitative estimate of drug-likeness (QED) is 0.669. The molecule has 2 amide bonds. The molecular formula is C24H28ClN3O5S. The number of ether oxygens (including phenoxy) is 1. The summed E-state index contributed by atoms with van der Waals surface area (Å²) in [6, 6.07) is 10.9. The number of hydrogen-bond donors (Lipinski definition) is 1. The number of sulfonamides is 1. The van der Waals surface area contributed by atoms with Crippen molar-refractivity contribution in [1.82, 2.24) is 9.21 Å². The lowest BCUT2D eigenvalue weighted by Gasteiger charge is -2.27. The molecule has 2 aromatic rings. The molecule has 2 aromatic carbocycles. The maximum atomic E-state index is 13.2. The zero-order chi connectivity index (χ0) is 24.1. The maximum absolute atomic E-state index is 13.2.